The average Bonchev–Trinajstić information content (AvgIpc) is 2.63. The van der Waals surface area contributed by atoms with Crippen LogP contribution in [0.4, 0.5) is 21.9 Å². The summed E-state index contributed by atoms with van der Waals surface area (Å²) in [6.07, 6.45) is 0. The Hall–Kier alpha value is -2.73. The Kier molecular flexibility index (Phi) is 5.18. The van der Waals surface area contributed by atoms with Crippen LogP contribution in [0.2, 0.25) is 0 Å². The van der Waals surface area contributed by atoms with E-state index in [2.05, 4.69) is 20.9 Å². The SMILES string of the molecule is COc1cccc(NC(=O)Nc2ccc(N3CCNCC3)cc2)c1. The van der Waals surface area contributed by atoms with Gasteiger partial charge in [0.25, 0.3) is 0 Å². The molecule has 6 heteroatoms. The Labute approximate surface area is 141 Å². The number of ether oxygens (including phenoxy) is 1. The number of methoxy groups -OCH3 is 1. The molecule has 1 fully saturated rings. The first-order valence-electron chi connectivity index (χ1n) is 8.02. The van der Waals surface area contributed by atoms with Gasteiger partial charge in [-0.25, -0.2) is 4.79 Å². The third-order valence-electron chi connectivity index (χ3n) is 3.93. The van der Waals surface area contributed by atoms with E-state index >= 15 is 0 Å². The largest absolute Gasteiger partial charge is 0.497 e. The van der Waals surface area contributed by atoms with Gasteiger partial charge in [-0.15, -0.1) is 0 Å². The van der Waals surface area contributed by atoms with E-state index in [-0.39, 0.29) is 6.03 Å². The smallest absolute Gasteiger partial charge is 0.323 e. The van der Waals surface area contributed by atoms with E-state index in [1.165, 1.54) is 5.69 Å². The van der Waals surface area contributed by atoms with E-state index in [9.17, 15) is 4.79 Å². The second-order valence-electron chi connectivity index (χ2n) is 5.60. The Morgan fingerprint density at radius 2 is 1.75 bits per heavy atom. The summed E-state index contributed by atoms with van der Waals surface area (Å²) < 4.78 is 5.14. The number of hydrogen-bond donors (Lipinski definition) is 3. The summed E-state index contributed by atoms with van der Waals surface area (Å²) >= 11 is 0. The van der Waals surface area contributed by atoms with Crippen molar-refractivity contribution in [2.45, 2.75) is 0 Å². The van der Waals surface area contributed by atoms with Gasteiger partial charge in [-0.05, 0) is 36.4 Å². The summed E-state index contributed by atoms with van der Waals surface area (Å²) in [6.45, 7) is 4.01. The number of amides is 2. The van der Waals surface area contributed by atoms with Crippen LogP contribution in [-0.4, -0.2) is 39.3 Å². The predicted molar refractivity (Wildman–Crippen MR) is 97.2 cm³/mol. The first-order valence-corrected chi connectivity index (χ1v) is 8.02. The number of anilines is 3. The number of urea groups is 1. The number of hydrogen-bond acceptors (Lipinski definition) is 4. The normalized spacial score (nSPS) is 14.1. The van der Waals surface area contributed by atoms with Crippen LogP contribution in [0.1, 0.15) is 0 Å². The Morgan fingerprint density at radius 3 is 2.46 bits per heavy atom. The summed E-state index contributed by atoms with van der Waals surface area (Å²) in [5, 5.41) is 8.97. The molecule has 3 rings (SSSR count). The molecule has 2 amide bonds. The predicted octanol–water partition coefficient (Wildman–Crippen LogP) is 2.75. The lowest BCUT2D eigenvalue weighted by Gasteiger charge is -2.29. The molecule has 0 aromatic heterocycles. The van der Waals surface area contributed by atoms with Crippen molar-refractivity contribution in [1.82, 2.24) is 5.32 Å². The van der Waals surface area contributed by atoms with Crippen LogP contribution >= 0.6 is 0 Å². The lowest BCUT2D eigenvalue weighted by atomic mass is 10.2. The van der Waals surface area contributed by atoms with Crippen LogP contribution in [0.5, 0.6) is 5.75 Å². The Bertz CT molecular complexity index is 682. The minimum Gasteiger partial charge on any atom is -0.497 e. The fourth-order valence-corrected chi connectivity index (χ4v) is 2.67. The van der Waals surface area contributed by atoms with E-state index < -0.39 is 0 Å². The quantitative estimate of drug-likeness (QED) is 0.808. The summed E-state index contributed by atoms with van der Waals surface area (Å²) in [5.74, 6) is 0.702. The zero-order chi connectivity index (χ0) is 16.8. The van der Waals surface area contributed by atoms with Crippen LogP contribution in [0.3, 0.4) is 0 Å². The highest BCUT2D eigenvalue weighted by molar-refractivity contribution is 5.99. The van der Waals surface area contributed by atoms with Gasteiger partial charge in [0.05, 0.1) is 7.11 Å². The molecule has 1 aliphatic heterocycles. The summed E-state index contributed by atoms with van der Waals surface area (Å²) in [6, 6.07) is 14.9. The van der Waals surface area contributed by atoms with Crippen molar-refractivity contribution in [3.05, 3.63) is 48.5 Å². The molecule has 0 radical (unpaired) electrons. The Balaban J connectivity index is 1.57. The van der Waals surface area contributed by atoms with Gasteiger partial charge in [-0.2, -0.15) is 0 Å². The molecule has 1 heterocycles. The average molecular weight is 326 g/mol. The van der Waals surface area contributed by atoms with Crippen molar-refractivity contribution in [1.29, 1.82) is 0 Å². The molecular weight excluding hydrogens is 304 g/mol. The first kappa shape index (κ1) is 16.1. The maximum Gasteiger partial charge on any atom is 0.323 e. The third-order valence-corrected chi connectivity index (χ3v) is 3.93. The third kappa shape index (κ3) is 4.17. The van der Waals surface area contributed by atoms with Gasteiger partial charge in [0.15, 0.2) is 0 Å². The molecule has 0 spiro atoms. The van der Waals surface area contributed by atoms with Gasteiger partial charge in [-0.1, -0.05) is 6.07 Å². The van der Waals surface area contributed by atoms with Gasteiger partial charge >= 0.3 is 6.03 Å². The lowest BCUT2D eigenvalue weighted by Crippen LogP contribution is -2.43. The van der Waals surface area contributed by atoms with Crippen molar-refractivity contribution in [2.75, 3.05) is 48.8 Å². The van der Waals surface area contributed by atoms with Gasteiger partial charge in [0.1, 0.15) is 5.75 Å². The molecule has 1 saturated heterocycles. The van der Waals surface area contributed by atoms with Crippen LogP contribution in [0, 0.1) is 0 Å². The summed E-state index contributed by atoms with van der Waals surface area (Å²) in [5.41, 5.74) is 2.62. The Morgan fingerprint density at radius 1 is 1.04 bits per heavy atom. The minimum atomic E-state index is -0.279. The topological polar surface area (TPSA) is 65.6 Å². The van der Waals surface area contributed by atoms with Crippen LogP contribution in [0.15, 0.2) is 48.5 Å². The highest BCUT2D eigenvalue weighted by atomic mass is 16.5. The molecule has 126 valence electrons. The van der Waals surface area contributed by atoms with E-state index in [1.54, 1.807) is 13.2 Å². The van der Waals surface area contributed by atoms with Crippen LogP contribution < -0.4 is 25.6 Å². The van der Waals surface area contributed by atoms with Crippen molar-refractivity contribution >= 4 is 23.1 Å². The van der Waals surface area contributed by atoms with Crippen molar-refractivity contribution < 1.29 is 9.53 Å². The number of nitrogens with zero attached hydrogens (tertiary/aromatic N) is 1. The highest BCUT2D eigenvalue weighted by Gasteiger charge is 2.10. The molecular formula is C18H22N4O2. The van der Waals surface area contributed by atoms with Gasteiger partial charge in [0, 0.05) is 49.3 Å². The fourth-order valence-electron chi connectivity index (χ4n) is 2.67. The van der Waals surface area contributed by atoms with Crippen LogP contribution in [0.25, 0.3) is 0 Å². The molecule has 3 N–H and O–H groups in total. The second kappa shape index (κ2) is 7.70. The molecule has 24 heavy (non-hydrogen) atoms. The van der Waals surface area contributed by atoms with Crippen LogP contribution in [-0.2, 0) is 0 Å². The fraction of sp³-hybridized carbons (Fsp3) is 0.278. The zero-order valence-corrected chi connectivity index (χ0v) is 13.7. The maximum absolute atomic E-state index is 12.1. The molecule has 2 aromatic carbocycles. The molecule has 0 atom stereocenters. The van der Waals surface area contributed by atoms with Gasteiger partial charge in [-0.3, -0.25) is 0 Å². The number of benzene rings is 2. The van der Waals surface area contributed by atoms with E-state index in [1.807, 2.05) is 42.5 Å². The molecule has 2 aromatic rings. The second-order valence-corrected chi connectivity index (χ2v) is 5.60. The van der Waals surface area contributed by atoms with Crippen molar-refractivity contribution in [3.8, 4) is 5.75 Å². The lowest BCUT2D eigenvalue weighted by molar-refractivity contribution is 0.262. The standard InChI is InChI=1S/C18H22N4O2/c1-24-17-4-2-3-15(13-17)21-18(23)20-14-5-7-16(8-6-14)22-11-9-19-10-12-22/h2-8,13,19H,9-12H2,1H3,(H2,20,21,23). The highest BCUT2D eigenvalue weighted by Crippen LogP contribution is 2.19. The van der Waals surface area contributed by atoms with Crippen molar-refractivity contribution in [2.24, 2.45) is 0 Å². The monoisotopic (exact) mass is 326 g/mol. The number of nitrogens with one attached hydrogen (secondary N) is 3. The molecule has 0 saturated carbocycles. The molecule has 0 aliphatic carbocycles. The number of piperazine rings is 1. The molecule has 0 bridgehead atoms. The van der Waals surface area contributed by atoms with E-state index in [0.29, 0.717) is 11.4 Å². The zero-order valence-electron chi connectivity index (χ0n) is 13.7. The number of carbonyl (C=O) groups excluding carboxylic acids is 1. The van der Waals surface area contributed by atoms with Gasteiger partial charge in [0.2, 0.25) is 0 Å². The molecule has 0 unspecified atom stereocenters. The number of carbonyl (C=O) groups is 1. The summed E-state index contributed by atoms with van der Waals surface area (Å²) in [4.78, 5) is 14.4. The summed E-state index contributed by atoms with van der Waals surface area (Å²) in [7, 11) is 1.60. The minimum absolute atomic E-state index is 0.279. The molecule has 1 aliphatic rings. The first-order chi connectivity index (χ1) is 11.7. The van der Waals surface area contributed by atoms with Crippen molar-refractivity contribution in [3.63, 3.8) is 0 Å². The molecule has 6 nitrogen and oxygen atoms in total. The maximum atomic E-state index is 12.1. The van der Waals surface area contributed by atoms with Gasteiger partial charge < -0.3 is 25.6 Å². The number of rotatable bonds is 4. The van der Waals surface area contributed by atoms with E-state index in [4.69, 9.17) is 4.74 Å². The van der Waals surface area contributed by atoms with E-state index in [0.717, 1.165) is 31.9 Å².